The maximum atomic E-state index is 12.2. The normalized spacial score (nSPS) is 24.8. The second kappa shape index (κ2) is 6.22. The van der Waals surface area contributed by atoms with Crippen molar-refractivity contribution in [3.63, 3.8) is 0 Å². The van der Waals surface area contributed by atoms with Gasteiger partial charge in [-0.25, -0.2) is 0 Å². The number of ether oxygens (including phenoxy) is 2. The van der Waals surface area contributed by atoms with Crippen LogP contribution < -0.4 is 4.74 Å². The van der Waals surface area contributed by atoms with Crippen LogP contribution in [0, 0.1) is 0 Å². The standard InChI is InChI=1S/C14H16ClF3O2/c15-13(7-2-1-3-8-19-10-13)11-5-4-6-12(9-11)20-14(16,17)18/h4-6,9H,1-3,7-8,10H2. The molecule has 112 valence electrons. The summed E-state index contributed by atoms with van der Waals surface area (Å²) < 4.78 is 46.2. The summed E-state index contributed by atoms with van der Waals surface area (Å²) in [6.07, 6.45) is -1.10. The highest BCUT2D eigenvalue weighted by Crippen LogP contribution is 2.38. The smallest absolute Gasteiger partial charge is 0.406 e. The van der Waals surface area contributed by atoms with E-state index in [1.165, 1.54) is 18.2 Å². The van der Waals surface area contributed by atoms with Gasteiger partial charge in [0.2, 0.25) is 0 Å². The second-order valence-electron chi connectivity index (χ2n) is 4.90. The third-order valence-electron chi connectivity index (χ3n) is 3.28. The number of hydrogen-bond acceptors (Lipinski definition) is 2. The number of alkyl halides is 4. The first kappa shape index (κ1) is 15.4. The van der Waals surface area contributed by atoms with E-state index in [9.17, 15) is 13.2 Å². The zero-order valence-electron chi connectivity index (χ0n) is 10.9. The fourth-order valence-electron chi connectivity index (χ4n) is 2.29. The van der Waals surface area contributed by atoms with Gasteiger partial charge in [0.1, 0.15) is 5.75 Å². The van der Waals surface area contributed by atoms with Crippen LogP contribution in [0.2, 0.25) is 0 Å². The van der Waals surface area contributed by atoms with Crippen molar-refractivity contribution in [2.45, 2.75) is 36.9 Å². The van der Waals surface area contributed by atoms with Gasteiger partial charge in [0, 0.05) is 6.61 Å². The molecular weight excluding hydrogens is 293 g/mol. The molecule has 1 aliphatic rings. The van der Waals surface area contributed by atoms with Crippen molar-refractivity contribution in [1.82, 2.24) is 0 Å². The fourth-order valence-corrected chi connectivity index (χ4v) is 2.62. The van der Waals surface area contributed by atoms with Crippen molar-refractivity contribution in [3.05, 3.63) is 29.8 Å². The van der Waals surface area contributed by atoms with Crippen molar-refractivity contribution in [3.8, 4) is 5.75 Å². The Bertz CT molecular complexity index is 440. The molecule has 1 saturated heterocycles. The van der Waals surface area contributed by atoms with Gasteiger partial charge in [-0.2, -0.15) is 0 Å². The molecule has 0 spiro atoms. The van der Waals surface area contributed by atoms with Gasteiger partial charge in [0.15, 0.2) is 0 Å². The third kappa shape index (κ3) is 4.28. The van der Waals surface area contributed by atoms with E-state index < -0.39 is 11.2 Å². The minimum Gasteiger partial charge on any atom is -0.406 e. The van der Waals surface area contributed by atoms with Crippen LogP contribution in [0.5, 0.6) is 5.75 Å². The van der Waals surface area contributed by atoms with Crippen molar-refractivity contribution < 1.29 is 22.6 Å². The average molecular weight is 309 g/mol. The average Bonchev–Trinajstić information content (AvgIpc) is 2.32. The molecule has 1 atom stereocenters. The Kier molecular flexibility index (Phi) is 4.81. The van der Waals surface area contributed by atoms with Gasteiger partial charge < -0.3 is 9.47 Å². The minimum atomic E-state index is -4.70. The van der Waals surface area contributed by atoms with Crippen LogP contribution >= 0.6 is 11.6 Å². The lowest BCUT2D eigenvalue weighted by Gasteiger charge is -2.29. The Balaban J connectivity index is 2.19. The first-order chi connectivity index (χ1) is 9.39. The molecule has 0 amide bonds. The minimum absolute atomic E-state index is 0.253. The molecule has 20 heavy (non-hydrogen) atoms. The van der Waals surface area contributed by atoms with Crippen LogP contribution in [0.4, 0.5) is 13.2 Å². The quantitative estimate of drug-likeness (QED) is 0.743. The Morgan fingerprint density at radius 1 is 1.20 bits per heavy atom. The molecule has 1 unspecified atom stereocenters. The molecule has 1 aromatic rings. The zero-order chi connectivity index (χ0) is 14.6. The monoisotopic (exact) mass is 308 g/mol. The molecule has 0 N–H and O–H groups in total. The fraction of sp³-hybridized carbons (Fsp3) is 0.571. The molecule has 1 aromatic carbocycles. The number of benzene rings is 1. The van der Waals surface area contributed by atoms with Crippen LogP contribution in [-0.4, -0.2) is 19.6 Å². The zero-order valence-corrected chi connectivity index (χ0v) is 11.6. The highest BCUT2D eigenvalue weighted by molar-refractivity contribution is 6.24. The Morgan fingerprint density at radius 2 is 2.00 bits per heavy atom. The van der Waals surface area contributed by atoms with E-state index in [1.54, 1.807) is 6.07 Å². The summed E-state index contributed by atoms with van der Waals surface area (Å²) in [4.78, 5) is -0.786. The second-order valence-corrected chi connectivity index (χ2v) is 5.63. The lowest BCUT2D eigenvalue weighted by Crippen LogP contribution is -2.27. The van der Waals surface area contributed by atoms with E-state index >= 15 is 0 Å². The number of rotatable bonds is 2. The Labute approximate surface area is 120 Å². The predicted molar refractivity (Wildman–Crippen MR) is 69.9 cm³/mol. The molecule has 6 heteroatoms. The molecular formula is C14H16ClF3O2. The molecule has 2 nitrogen and oxygen atoms in total. The summed E-state index contributed by atoms with van der Waals surface area (Å²) in [6, 6.07) is 5.83. The Morgan fingerprint density at radius 3 is 2.75 bits per heavy atom. The van der Waals surface area contributed by atoms with Gasteiger partial charge >= 0.3 is 6.36 Å². The van der Waals surface area contributed by atoms with Crippen molar-refractivity contribution >= 4 is 11.6 Å². The van der Waals surface area contributed by atoms with Gasteiger partial charge in [-0.15, -0.1) is 24.8 Å². The first-order valence-electron chi connectivity index (χ1n) is 6.52. The van der Waals surface area contributed by atoms with Gasteiger partial charge in [0.05, 0.1) is 11.5 Å². The van der Waals surface area contributed by atoms with E-state index in [0.29, 0.717) is 25.2 Å². The van der Waals surface area contributed by atoms with Crippen LogP contribution in [-0.2, 0) is 9.61 Å². The van der Waals surface area contributed by atoms with E-state index in [1.807, 2.05) is 0 Å². The number of hydrogen-bond donors (Lipinski definition) is 0. The SMILES string of the molecule is FC(F)(F)Oc1cccc(C2(Cl)CCCCCOC2)c1. The van der Waals surface area contributed by atoms with Crippen LogP contribution in [0.3, 0.4) is 0 Å². The molecule has 1 aliphatic heterocycles. The molecule has 0 aromatic heterocycles. The van der Waals surface area contributed by atoms with E-state index in [-0.39, 0.29) is 5.75 Å². The summed E-state index contributed by atoms with van der Waals surface area (Å²) in [5.41, 5.74) is 0.600. The summed E-state index contributed by atoms with van der Waals surface area (Å²) >= 11 is 6.56. The van der Waals surface area contributed by atoms with Gasteiger partial charge in [0.25, 0.3) is 0 Å². The largest absolute Gasteiger partial charge is 0.573 e. The topological polar surface area (TPSA) is 18.5 Å². The molecule has 1 heterocycles. The summed E-state index contributed by atoms with van der Waals surface area (Å²) in [5, 5.41) is 0. The van der Waals surface area contributed by atoms with Crippen LogP contribution in [0.1, 0.15) is 31.2 Å². The third-order valence-corrected chi connectivity index (χ3v) is 3.79. The summed E-state index contributed by atoms with van der Waals surface area (Å²) in [5.74, 6) is -0.253. The van der Waals surface area contributed by atoms with Crippen LogP contribution in [0.25, 0.3) is 0 Å². The van der Waals surface area contributed by atoms with E-state index in [0.717, 1.165) is 19.3 Å². The summed E-state index contributed by atoms with van der Waals surface area (Å²) in [7, 11) is 0. The van der Waals surface area contributed by atoms with E-state index in [4.69, 9.17) is 16.3 Å². The van der Waals surface area contributed by atoms with Crippen molar-refractivity contribution in [1.29, 1.82) is 0 Å². The van der Waals surface area contributed by atoms with Gasteiger partial charge in [-0.3, -0.25) is 0 Å². The maximum Gasteiger partial charge on any atom is 0.573 e. The molecule has 2 rings (SSSR count). The van der Waals surface area contributed by atoms with Gasteiger partial charge in [-0.1, -0.05) is 25.0 Å². The summed E-state index contributed by atoms with van der Waals surface area (Å²) in [6.45, 7) is 0.928. The molecule has 0 aliphatic carbocycles. The van der Waals surface area contributed by atoms with E-state index in [2.05, 4.69) is 4.74 Å². The Hall–Kier alpha value is -0.940. The highest BCUT2D eigenvalue weighted by Gasteiger charge is 2.34. The predicted octanol–water partition coefficient (Wildman–Crippen LogP) is 4.61. The lowest BCUT2D eigenvalue weighted by molar-refractivity contribution is -0.274. The van der Waals surface area contributed by atoms with Crippen LogP contribution in [0.15, 0.2) is 24.3 Å². The van der Waals surface area contributed by atoms with Crippen molar-refractivity contribution in [2.75, 3.05) is 13.2 Å². The highest BCUT2D eigenvalue weighted by atomic mass is 35.5. The van der Waals surface area contributed by atoms with Gasteiger partial charge in [-0.05, 0) is 30.5 Å². The van der Waals surface area contributed by atoms with Crippen molar-refractivity contribution in [2.24, 2.45) is 0 Å². The lowest BCUT2D eigenvalue weighted by atomic mass is 9.92. The molecule has 0 radical (unpaired) electrons. The maximum absolute atomic E-state index is 12.2. The molecule has 0 bridgehead atoms. The molecule has 0 saturated carbocycles. The number of halogens is 4. The first-order valence-corrected chi connectivity index (χ1v) is 6.90. The molecule has 1 fully saturated rings.